The van der Waals surface area contributed by atoms with Crippen molar-refractivity contribution in [2.75, 3.05) is 19.8 Å². The van der Waals surface area contributed by atoms with E-state index in [0.717, 1.165) is 6.07 Å². The molecule has 4 nitrogen and oxygen atoms in total. The monoisotopic (exact) mass is 323 g/mol. The zero-order chi connectivity index (χ0) is 16.2. The third-order valence-corrected chi connectivity index (χ3v) is 3.45. The number of ether oxygens (including phenoxy) is 2. The van der Waals surface area contributed by atoms with E-state index in [0.29, 0.717) is 32.1 Å². The zero-order valence-electron chi connectivity index (χ0n) is 11.8. The number of aliphatic hydroxyl groups is 1. The van der Waals surface area contributed by atoms with Gasteiger partial charge in [-0.25, -0.2) is 4.39 Å². The first kappa shape index (κ1) is 17.0. The summed E-state index contributed by atoms with van der Waals surface area (Å²) < 4.78 is 59.0. The number of hydrogen-bond donors (Lipinski definition) is 2. The van der Waals surface area contributed by atoms with Gasteiger partial charge < -0.3 is 19.9 Å². The van der Waals surface area contributed by atoms with Gasteiger partial charge in [0.1, 0.15) is 11.6 Å². The lowest BCUT2D eigenvalue weighted by Crippen LogP contribution is -2.44. The minimum Gasteiger partial charge on any atom is -0.405 e. The predicted octanol–water partition coefficient (Wildman–Crippen LogP) is 2.36. The molecule has 0 aromatic heterocycles. The molecule has 1 aromatic rings. The van der Waals surface area contributed by atoms with Crippen molar-refractivity contribution in [3.8, 4) is 5.75 Å². The van der Waals surface area contributed by atoms with Crippen LogP contribution in [0.2, 0.25) is 0 Å². The van der Waals surface area contributed by atoms with E-state index in [1.807, 2.05) is 0 Å². The van der Waals surface area contributed by atoms with Crippen LogP contribution in [0, 0.1) is 5.82 Å². The van der Waals surface area contributed by atoms with Gasteiger partial charge >= 0.3 is 6.36 Å². The van der Waals surface area contributed by atoms with Gasteiger partial charge in [-0.15, -0.1) is 13.2 Å². The highest BCUT2D eigenvalue weighted by atomic mass is 19.4. The summed E-state index contributed by atoms with van der Waals surface area (Å²) in [7, 11) is 0. The molecule has 0 amide bonds. The normalized spacial score (nSPS) is 18.2. The third-order valence-electron chi connectivity index (χ3n) is 3.45. The van der Waals surface area contributed by atoms with Crippen LogP contribution in [0.4, 0.5) is 17.6 Å². The zero-order valence-corrected chi connectivity index (χ0v) is 11.8. The molecule has 1 saturated heterocycles. The van der Waals surface area contributed by atoms with Gasteiger partial charge in [0.15, 0.2) is 0 Å². The van der Waals surface area contributed by atoms with Crippen molar-refractivity contribution in [2.45, 2.75) is 31.3 Å². The predicted molar refractivity (Wildman–Crippen MR) is 69.8 cm³/mol. The van der Waals surface area contributed by atoms with Gasteiger partial charge in [0, 0.05) is 50.8 Å². The molecule has 1 aliphatic heterocycles. The SMILES string of the molecule is OC1(CNCc2ccc(F)cc2OC(F)(F)F)CCOCC1. The molecular weight excluding hydrogens is 306 g/mol. The Labute approximate surface area is 125 Å². The number of halogens is 4. The maximum absolute atomic E-state index is 13.1. The Hall–Kier alpha value is -1.38. The van der Waals surface area contributed by atoms with E-state index in [2.05, 4.69) is 10.1 Å². The Balaban J connectivity index is 1.97. The number of rotatable bonds is 5. The molecule has 2 rings (SSSR count). The molecule has 8 heteroatoms. The fraction of sp³-hybridized carbons (Fsp3) is 0.571. The van der Waals surface area contributed by atoms with Gasteiger partial charge in [0.25, 0.3) is 0 Å². The second kappa shape index (κ2) is 6.80. The summed E-state index contributed by atoms with van der Waals surface area (Å²) in [5.41, 5.74) is -0.780. The molecule has 0 aliphatic carbocycles. The summed E-state index contributed by atoms with van der Waals surface area (Å²) in [5.74, 6) is -1.40. The Morgan fingerprint density at radius 2 is 1.95 bits per heavy atom. The highest BCUT2D eigenvalue weighted by molar-refractivity contribution is 5.34. The molecule has 0 unspecified atom stereocenters. The van der Waals surface area contributed by atoms with Crippen LogP contribution in [0.15, 0.2) is 18.2 Å². The summed E-state index contributed by atoms with van der Waals surface area (Å²) in [6.07, 6.45) is -3.98. The van der Waals surface area contributed by atoms with Crippen molar-refractivity contribution in [1.29, 1.82) is 0 Å². The number of nitrogens with one attached hydrogen (secondary N) is 1. The van der Waals surface area contributed by atoms with Crippen LogP contribution in [0.1, 0.15) is 18.4 Å². The van der Waals surface area contributed by atoms with Crippen LogP contribution in [-0.4, -0.2) is 36.8 Å². The lowest BCUT2D eigenvalue weighted by atomic mass is 9.94. The third kappa shape index (κ3) is 5.11. The van der Waals surface area contributed by atoms with Crippen LogP contribution >= 0.6 is 0 Å². The molecule has 2 N–H and O–H groups in total. The van der Waals surface area contributed by atoms with Crippen LogP contribution in [0.5, 0.6) is 5.75 Å². The highest BCUT2D eigenvalue weighted by Crippen LogP contribution is 2.27. The van der Waals surface area contributed by atoms with Gasteiger partial charge in [0.2, 0.25) is 0 Å². The maximum Gasteiger partial charge on any atom is 0.573 e. The smallest absolute Gasteiger partial charge is 0.405 e. The molecule has 0 saturated carbocycles. The van der Waals surface area contributed by atoms with E-state index in [-0.39, 0.29) is 18.7 Å². The first-order valence-corrected chi connectivity index (χ1v) is 6.82. The van der Waals surface area contributed by atoms with Crippen molar-refractivity contribution < 1.29 is 32.1 Å². The first-order chi connectivity index (χ1) is 10.3. The molecular formula is C14H17F4NO3. The standard InChI is InChI=1S/C14H17F4NO3/c15-11-2-1-10(12(7-11)22-14(16,17)18)8-19-9-13(20)3-5-21-6-4-13/h1-2,7,19-20H,3-6,8-9H2. The second-order valence-corrected chi connectivity index (χ2v) is 5.24. The maximum atomic E-state index is 13.1. The van der Waals surface area contributed by atoms with E-state index >= 15 is 0 Å². The molecule has 1 aliphatic rings. The van der Waals surface area contributed by atoms with Crippen molar-refractivity contribution in [2.24, 2.45) is 0 Å². The fourth-order valence-corrected chi connectivity index (χ4v) is 2.25. The van der Waals surface area contributed by atoms with Crippen LogP contribution < -0.4 is 10.1 Å². The van der Waals surface area contributed by atoms with Crippen molar-refractivity contribution >= 4 is 0 Å². The van der Waals surface area contributed by atoms with E-state index < -0.39 is 23.5 Å². The summed E-state index contributed by atoms with van der Waals surface area (Å²) in [4.78, 5) is 0. The molecule has 124 valence electrons. The first-order valence-electron chi connectivity index (χ1n) is 6.82. The van der Waals surface area contributed by atoms with Crippen molar-refractivity contribution in [3.05, 3.63) is 29.6 Å². The Kier molecular flexibility index (Phi) is 5.25. The lowest BCUT2D eigenvalue weighted by molar-refractivity contribution is -0.275. The van der Waals surface area contributed by atoms with Gasteiger partial charge in [0.05, 0.1) is 5.60 Å². The van der Waals surface area contributed by atoms with E-state index in [4.69, 9.17) is 4.74 Å². The topological polar surface area (TPSA) is 50.7 Å². The summed E-state index contributed by atoms with van der Waals surface area (Å²) >= 11 is 0. The average molecular weight is 323 g/mol. The largest absolute Gasteiger partial charge is 0.573 e. The average Bonchev–Trinajstić information content (AvgIpc) is 2.40. The van der Waals surface area contributed by atoms with Crippen LogP contribution in [-0.2, 0) is 11.3 Å². The fourth-order valence-electron chi connectivity index (χ4n) is 2.25. The Morgan fingerprint density at radius 3 is 2.59 bits per heavy atom. The summed E-state index contributed by atoms with van der Waals surface area (Å²) in [6.45, 7) is 1.11. The summed E-state index contributed by atoms with van der Waals surface area (Å²) in [6, 6.07) is 2.97. The van der Waals surface area contributed by atoms with Crippen molar-refractivity contribution in [3.63, 3.8) is 0 Å². The molecule has 1 heterocycles. The summed E-state index contributed by atoms with van der Waals surface area (Å²) in [5, 5.41) is 13.1. The minimum absolute atomic E-state index is 0.0227. The molecule has 0 spiro atoms. The molecule has 1 aromatic carbocycles. The Morgan fingerprint density at radius 1 is 1.27 bits per heavy atom. The number of benzene rings is 1. The molecule has 0 atom stereocenters. The molecule has 1 fully saturated rings. The highest BCUT2D eigenvalue weighted by Gasteiger charge is 2.33. The van der Waals surface area contributed by atoms with Gasteiger partial charge in [-0.1, -0.05) is 6.07 Å². The van der Waals surface area contributed by atoms with Gasteiger partial charge in [-0.3, -0.25) is 0 Å². The van der Waals surface area contributed by atoms with Crippen LogP contribution in [0.3, 0.4) is 0 Å². The van der Waals surface area contributed by atoms with Crippen LogP contribution in [0.25, 0.3) is 0 Å². The second-order valence-electron chi connectivity index (χ2n) is 5.24. The molecule has 0 radical (unpaired) electrons. The van der Waals surface area contributed by atoms with E-state index in [9.17, 15) is 22.7 Å². The molecule has 22 heavy (non-hydrogen) atoms. The Bertz CT molecular complexity index is 501. The molecule has 0 bridgehead atoms. The quantitative estimate of drug-likeness (QED) is 0.817. The lowest BCUT2D eigenvalue weighted by Gasteiger charge is -2.32. The van der Waals surface area contributed by atoms with Gasteiger partial charge in [-0.05, 0) is 6.07 Å². The van der Waals surface area contributed by atoms with Crippen molar-refractivity contribution in [1.82, 2.24) is 5.32 Å². The van der Waals surface area contributed by atoms with E-state index in [1.165, 1.54) is 6.07 Å². The van der Waals surface area contributed by atoms with Gasteiger partial charge in [-0.2, -0.15) is 0 Å². The minimum atomic E-state index is -4.89. The number of hydrogen-bond acceptors (Lipinski definition) is 4. The van der Waals surface area contributed by atoms with E-state index in [1.54, 1.807) is 0 Å². The number of alkyl halides is 3.